The molecule has 0 saturated heterocycles. The van der Waals surface area contributed by atoms with Crippen LogP contribution >= 0.6 is 22.7 Å². The molecule has 4 atom stereocenters. The maximum Gasteiger partial charge on any atom is 0.0446 e. The van der Waals surface area contributed by atoms with Gasteiger partial charge in [-0.1, -0.05) is 20.3 Å². The van der Waals surface area contributed by atoms with Crippen molar-refractivity contribution in [2.45, 2.75) is 71.4 Å². The van der Waals surface area contributed by atoms with E-state index in [4.69, 9.17) is 0 Å². The van der Waals surface area contributed by atoms with Crippen LogP contribution in [0.3, 0.4) is 0 Å². The predicted octanol–water partition coefficient (Wildman–Crippen LogP) is 6.87. The van der Waals surface area contributed by atoms with Gasteiger partial charge < -0.3 is 5.32 Å². The first-order chi connectivity index (χ1) is 12.0. The van der Waals surface area contributed by atoms with Gasteiger partial charge in [0, 0.05) is 31.6 Å². The highest BCUT2D eigenvalue weighted by molar-refractivity contribution is 7.22. The van der Waals surface area contributed by atoms with Crippen LogP contribution in [0.4, 0.5) is 0 Å². The number of fused-ring (bicyclic) bond motifs is 2. The van der Waals surface area contributed by atoms with Crippen LogP contribution in [0.1, 0.15) is 62.1 Å². The molecule has 25 heavy (non-hydrogen) atoms. The van der Waals surface area contributed by atoms with Gasteiger partial charge in [-0.15, -0.1) is 22.7 Å². The van der Waals surface area contributed by atoms with Crippen LogP contribution in [0.25, 0.3) is 9.75 Å². The molecule has 0 aromatic carbocycles. The van der Waals surface area contributed by atoms with Gasteiger partial charge in [0.1, 0.15) is 0 Å². The number of thiophene rings is 2. The third kappa shape index (κ3) is 3.89. The topological polar surface area (TPSA) is 12.0 Å². The zero-order chi connectivity index (χ0) is 17.4. The highest BCUT2D eigenvalue weighted by Crippen LogP contribution is 2.48. The Kier molecular flexibility index (Phi) is 5.09. The summed E-state index contributed by atoms with van der Waals surface area (Å²) in [6.07, 6.45) is 8.48. The molecule has 2 bridgehead atoms. The van der Waals surface area contributed by atoms with E-state index in [2.05, 4.69) is 50.4 Å². The number of aryl methyl sites for hydroxylation is 1. The summed E-state index contributed by atoms with van der Waals surface area (Å²) in [6, 6.07) is 9.14. The van der Waals surface area contributed by atoms with Crippen molar-refractivity contribution in [1.82, 2.24) is 5.32 Å². The van der Waals surface area contributed by atoms with Gasteiger partial charge in [-0.05, 0) is 81.0 Å². The monoisotopic (exact) mass is 373 g/mol. The summed E-state index contributed by atoms with van der Waals surface area (Å²) in [7, 11) is 0. The number of hydrogen-bond acceptors (Lipinski definition) is 3. The van der Waals surface area contributed by atoms with Crippen molar-refractivity contribution in [1.29, 1.82) is 0 Å². The number of nitrogens with one attached hydrogen (secondary N) is 1. The number of hydrogen-bond donors (Lipinski definition) is 1. The molecule has 2 saturated carbocycles. The Bertz CT molecular complexity index is 711. The minimum Gasteiger partial charge on any atom is -0.306 e. The SMILES string of the molecule is CCC1CC2CC(C)CC(NCc3ccc(-c4ccc(C)s4)s3)(C1)C2. The van der Waals surface area contributed by atoms with Crippen LogP contribution < -0.4 is 5.32 Å². The smallest absolute Gasteiger partial charge is 0.0446 e. The Balaban J connectivity index is 1.45. The first-order valence-corrected chi connectivity index (χ1v) is 11.6. The molecule has 1 nitrogen and oxygen atoms in total. The summed E-state index contributed by atoms with van der Waals surface area (Å²) in [5.74, 6) is 2.78. The van der Waals surface area contributed by atoms with Gasteiger partial charge in [-0.25, -0.2) is 0 Å². The minimum absolute atomic E-state index is 0.408. The molecule has 0 spiro atoms. The molecule has 3 heteroatoms. The van der Waals surface area contributed by atoms with Gasteiger partial charge in [0.05, 0.1) is 0 Å². The van der Waals surface area contributed by atoms with E-state index in [1.165, 1.54) is 58.0 Å². The van der Waals surface area contributed by atoms with Gasteiger partial charge in [-0.3, -0.25) is 0 Å². The molecule has 2 aliphatic carbocycles. The van der Waals surface area contributed by atoms with Crippen molar-refractivity contribution in [3.8, 4) is 9.75 Å². The van der Waals surface area contributed by atoms with Crippen molar-refractivity contribution < 1.29 is 0 Å². The van der Waals surface area contributed by atoms with E-state index in [-0.39, 0.29) is 0 Å². The molecular weight excluding hydrogens is 342 g/mol. The minimum atomic E-state index is 0.408. The summed E-state index contributed by atoms with van der Waals surface area (Å²) < 4.78 is 0. The molecule has 4 rings (SSSR count). The normalized spacial score (nSPS) is 32.0. The zero-order valence-corrected chi connectivity index (χ0v) is 17.4. The van der Waals surface area contributed by atoms with Crippen LogP contribution in [0.15, 0.2) is 24.3 Å². The van der Waals surface area contributed by atoms with E-state index in [1.807, 2.05) is 22.7 Å². The Morgan fingerprint density at radius 3 is 2.60 bits per heavy atom. The van der Waals surface area contributed by atoms with E-state index < -0.39 is 0 Å². The van der Waals surface area contributed by atoms with Crippen LogP contribution in [0.2, 0.25) is 0 Å². The lowest BCUT2D eigenvalue weighted by molar-refractivity contribution is 0.0477. The summed E-state index contributed by atoms with van der Waals surface area (Å²) in [5, 5.41) is 4.06. The second-order valence-corrected chi connectivity index (χ2v) is 11.1. The van der Waals surface area contributed by atoms with Crippen molar-refractivity contribution >= 4 is 22.7 Å². The maximum absolute atomic E-state index is 4.06. The van der Waals surface area contributed by atoms with E-state index in [9.17, 15) is 0 Å². The molecule has 2 heterocycles. The van der Waals surface area contributed by atoms with E-state index in [0.717, 1.165) is 24.3 Å². The van der Waals surface area contributed by atoms with Gasteiger partial charge >= 0.3 is 0 Å². The van der Waals surface area contributed by atoms with E-state index in [1.54, 1.807) is 0 Å². The van der Waals surface area contributed by atoms with Crippen molar-refractivity contribution in [2.24, 2.45) is 17.8 Å². The molecule has 0 radical (unpaired) electrons. The fraction of sp³-hybridized carbons (Fsp3) is 0.636. The Morgan fingerprint density at radius 1 is 1.04 bits per heavy atom. The van der Waals surface area contributed by atoms with Crippen LogP contribution in [-0.4, -0.2) is 5.54 Å². The highest BCUT2D eigenvalue weighted by atomic mass is 32.1. The summed E-state index contributed by atoms with van der Waals surface area (Å²) in [5.41, 5.74) is 0.408. The maximum atomic E-state index is 4.06. The fourth-order valence-electron chi connectivity index (χ4n) is 5.47. The standard InChI is InChI=1S/C22H31NS2/c1-4-17-10-18-9-15(2)11-22(12-17,13-18)23-14-19-6-8-21(25-19)20-7-5-16(3)24-20/h5-8,15,17-18,23H,4,9-14H2,1-3H3. The van der Waals surface area contributed by atoms with Gasteiger partial charge in [0.2, 0.25) is 0 Å². The van der Waals surface area contributed by atoms with E-state index in [0.29, 0.717) is 5.54 Å². The molecule has 4 unspecified atom stereocenters. The average Bonchev–Trinajstić information content (AvgIpc) is 3.20. The molecule has 0 amide bonds. The molecule has 2 aliphatic rings. The first kappa shape index (κ1) is 17.8. The van der Waals surface area contributed by atoms with Crippen LogP contribution in [-0.2, 0) is 6.54 Å². The predicted molar refractivity (Wildman–Crippen MR) is 111 cm³/mol. The lowest BCUT2D eigenvalue weighted by Gasteiger charge is -2.51. The summed E-state index contributed by atoms with van der Waals surface area (Å²) >= 11 is 3.88. The highest BCUT2D eigenvalue weighted by Gasteiger charge is 2.44. The Labute approximate surface area is 160 Å². The lowest BCUT2D eigenvalue weighted by atomic mass is 9.60. The Hall–Kier alpha value is -0.640. The third-order valence-corrected chi connectivity index (χ3v) is 8.64. The van der Waals surface area contributed by atoms with E-state index >= 15 is 0 Å². The van der Waals surface area contributed by atoms with Crippen molar-refractivity contribution in [2.75, 3.05) is 0 Å². The summed E-state index contributed by atoms with van der Waals surface area (Å²) in [6.45, 7) is 8.09. The van der Waals surface area contributed by atoms with Gasteiger partial charge in [0.25, 0.3) is 0 Å². The van der Waals surface area contributed by atoms with Gasteiger partial charge in [0.15, 0.2) is 0 Å². The van der Waals surface area contributed by atoms with Crippen LogP contribution in [0, 0.1) is 24.7 Å². The number of rotatable bonds is 5. The third-order valence-electron chi connectivity index (χ3n) is 6.36. The molecule has 1 N–H and O–H groups in total. The second-order valence-electron chi connectivity index (χ2n) is 8.64. The molecule has 136 valence electrons. The molecular formula is C22H31NS2. The van der Waals surface area contributed by atoms with Crippen molar-refractivity contribution in [3.05, 3.63) is 34.0 Å². The zero-order valence-electron chi connectivity index (χ0n) is 15.8. The molecule has 2 fully saturated rings. The van der Waals surface area contributed by atoms with Gasteiger partial charge in [-0.2, -0.15) is 0 Å². The van der Waals surface area contributed by atoms with Crippen molar-refractivity contribution in [3.63, 3.8) is 0 Å². The molecule has 2 aromatic heterocycles. The largest absolute Gasteiger partial charge is 0.306 e. The quantitative estimate of drug-likeness (QED) is 0.603. The second kappa shape index (κ2) is 7.17. The first-order valence-electron chi connectivity index (χ1n) is 9.96. The molecule has 0 aliphatic heterocycles. The fourth-order valence-corrected chi connectivity index (χ4v) is 7.37. The average molecular weight is 374 g/mol. The van der Waals surface area contributed by atoms with Crippen LogP contribution in [0.5, 0.6) is 0 Å². The summed E-state index contributed by atoms with van der Waals surface area (Å²) in [4.78, 5) is 5.74. The lowest BCUT2D eigenvalue weighted by Crippen LogP contribution is -2.54. The molecule has 2 aromatic rings. The Morgan fingerprint density at radius 2 is 1.84 bits per heavy atom.